The zero-order valence-corrected chi connectivity index (χ0v) is 15.1. The van der Waals surface area contributed by atoms with Gasteiger partial charge in [-0.1, -0.05) is 0 Å². The maximum atomic E-state index is 12.4. The molecule has 0 N–H and O–H groups in total. The molecule has 0 radical (unpaired) electrons. The van der Waals surface area contributed by atoms with Gasteiger partial charge >= 0.3 is 0 Å². The second kappa shape index (κ2) is 7.96. The SMILES string of the molecule is CCS(=O)(=O)N1CCN(CC(=O)c2ccc(OC)c(OC)c2)CC1. The van der Waals surface area contributed by atoms with Crippen LogP contribution in [-0.4, -0.2) is 76.1 Å². The molecular formula is C16H24N2O5S. The Morgan fingerprint density at radius 2 is 1.71 bits per heavy atom. The van der Waals surface area contributed by atoms with Crippen LogP contribution < -0.4 is 9.47 Å². The lowest BCUT2D eigenvalue weighted by Gasteiger charge is -2.33. The van der Waals surface area contributed by atoms with Crippen molar-refractivity contribution in [2.24, 2.45) is 0 Å². The van der Waals surface area contributed by atoms with E-state index < -0.39 is 10.0 Å². The summed E-state index contributed by atoms with van der Waals surface area (Å²) in [7, 11) is -0.0786. The topological polar surface area (TPSA) is 76.2 Å². The van der Waals surface area contributed by atoms with Crippen molar-refractivity contribution in [3.63, 3.8) is 0 Å². The van der Waals surface area contributed by atoms with Crippen molar-refractivity contribution < 1.29 is 22.7 Å². The number of piperazine rings is 1. The second-order valence-corrected chi connectivity index (χ2v) is 7.83. The highest BCUT2D eigenvalue weighted by Crippen LogP contribution is 2.27. The molecule has 0 spiro atoms. The molecule has 8 heteroatoms. The first-order valence-electron chi connectivity index (χ1n) is 7.86. The molecular weight excluding hydrogens is 332 g/mol. The molecule has 1 aromatic rings. The van der Waals surface area contributed by atoms with Crippen LogP contribution in [0.4, 0.5) is 0 Å². The minimum Gasteiger partial charge on any atom is -0.493 e. The van der Waals surface area contributed by atoms with Crippen LogP contribution in [0.25, 0.3) is 0 Å². The number of carbonyl (C=O) groups excluding carboxylic acids is 1. The highest BCUT2D eigenvalue weighted by atomic mass is 32.2. The summed E-state index contributed by atoms with van der Waals surface area (Å²) in [5, 5.41) is 0. The average molecular weight is 356 g/mol. The fourth-order valence-corrected chi connectivity index (χ4v) is 3.74. The fourth-order valence-electron chi connectivity index (χ4n) is 2.65. The lowest BCUT2D eigenvalue weighted by Crippen LogP contribution is -2.50. The molecule has 7 nitrogen and oxygen atoms in total. The molecule has 0 amide bonds. The Kier molecular flexibility index (Phi) is 6.20. The smallest absolute Gasteiger partial charge is 0.213 e. The highest BCUT2D eigenvalue weighted by Gasteiger charge is 2.26. The molecule has 1 heterocycles. The standard InChI is InChI=1S/C16H24N2O5S/c1-4-24(20,21)18-9-7-17(8-10-18)12-14(19)13-5-6-15(22-2)16(11-13)23-3/h5-6,11H,4,7-10,12H2,1-3H3. The molecule has 134 valence electrons. The van der Waals surface area contributed by atoms with Crippen LogP contribution in [-0.2, 0) is 10.0 Å². The molecule has 24 heavy (non-hydrogen) atoms. The fraction of sp³-hybridized carbons (Fsp3) is 0.562. The molecule has 0 unspecified atom stereocenters. The number of sulfonamides is 1. The summed E-state index contributed by atoms with van der Waals surface area (Å²) in [4.78, 5) is 14.4. The van der Waals surface area contributed by atoms with E-state index in [2.05, 4.69) is 0 Å². The van der Waals surface area contributed by atoms with Gasteiger partial charge in [0.1, 0.15) is 0 Å². The van der Waals surface area contributed by atoms with Crippen LogP contribution >= 0.6 is 0 Å². The highest BCUT2D eigenvalue weighted by molar-refractivity contribution is 7.89. The zero-order valence-electron chi connectivity index (χ0n) is 14.3. The Balaban J connectivity index is 1.97. The third-order valence-electron chi connectivity index (χ3n) is 4.16. The summed E-state index contributed by atoms with van der Waals surface area (Å²) in [5.74, 6) is 1.18. The van der Waals surface area contributed by atoms with Gasteiger partial charge in [-0.3, -0.25) is 9.69 Å². The molecule has 0 aromatic heterocycles. The summed E-state index contributed by atoms with van der Waals surface area (Å²) >= 11 is 0. The van der Waals surface area contributed by atoms with Crippen LogP contribution in [0, 0.1) is 0 Å². The number of hydrogen-bond donors (Lipinski definition) is 0. The molecule has 2 rings (SSSR count). The van der Waals surface area contributed by atoms with Crippen LogP contribution in [0.15, 0.2) is 18.2 Å². The quantitative estimate of drug-likeness (QED) is 0.675. The van der Waals surface area contributed by atoms with Gasteiger partial charge in [0.15, 0.2) is 17.3 Å². The molecule has 1 aliphatic heterocycles. The normalized spacial score (nSPS) is 16.8. The Bertz CT molecular complexity index is 682. The largest absolute Gasteiger partial charge is 0.493 e. The lowest BCUT2D eigenvalue weighted by molar-refractivity contribution is 0.0901. The number of ether oxygens (including phenoxy) is 2. The number of rotatable bonds is 7. The molecule has 0 bridgehead atoms. The maximum absolute atomic E-state index is 12.4. The molecule has 1 aliphatic rings. The number of carbonyl (C=O) groups is 1. The zero-order chi connectivity index (χ0) is 17.7. The van der Waals surface area contributed by atoms with E-state index in [0.717, 1.165) is 0 Å². The number of ketones is 1. The first kappa shape index (κ1) is 18.7. The minimum atomic E-state index is -3.15. The van der Waals surface area contributed by atoms with Crippen LogP contribution in [0.3, 0.4) is 0 Å². The van der Waals surface area contributed by atoms with Crippen molar-refractivity contribution in [2.45, 2.75) is 6.92 Å². The molecule has 1 fully saturated rings. The molecule has 1 saturated heterocycles. The average Bonchev–Trinajstić information content (AvgIpc) is 2.61. The Labute approximate surface area is 143 Å². The first-order valence-corrected chi connectivity index (χ1v) is 9.47. The van der Waals surface area contributed by atoms with Gasteiger partial charge in [-0.25, -0.2) is 8.42 Å². The van der Waals surface area contributed by atoms with Crippen molar-refractivity contribution >= 4 is 15.8 Å². The third kappa shape index (κ3) is 4.25. The summed E-state index contributed by atoms with van der Waals surface area (Å²) in [6, 6.07) is 5.08. The van der Waals surface area contributed by atoms with E-state index in [-0.39, 0.29) is 18.1 Å². The van der Waals surface area contributed by atoms with Crippen molar-refractivity contribution in [1.82, 2.24) is 9.21 Å². The van der Waals surface area contributed by atoms with Gasteiger partial charge in [-0.2, -0.15) is 4.31 Å². The van der Waals surface area contributed by atoms with Gasteiger partial charge in [0.05, 0.1) is 26.5 Å². The molecule has 0 saturated carbocycles. The van der Waals surface area contributed by atoms with Gasteiger partial charge in [0.25, 0.3) is 0 Å². The van der Waals surface area contributed by atoms with Gasteiger partial charge in [-0.15, -0.1) is 0 Å². The van der Waals surface area contributed by atoms with E-state index in [1.165, 1.54) is 11.4 Å². The van der Waals surface area contributed by atoms with Crippen molar-refractivity contribution in [2.75, 3.05) is 52.7 Å². The molecule has 0 aliphatic carbocycles. The van der Waals surface area contributed by atoms with Gasteiger partial charge in [0.2, 0.25) is 10.0 Å². The maximum Gasteiger partial charge on any atom is 0.213 e. The van der Waals surface area contributed by atoms with Crippen molar-refractivity contribution in [3.8, 4) is 11.5 Å². The Hall–Kier alpha value is -1.64. The van der Waals surface area contributed by atoms with E-state index in [1.807, 2.05) is 4.90 Å². The Morgan fingerprint density at radius 3 is 2.25 bits per heavy atom. The summed E-state index contributed by atoms with van der Waals surface area (Å²) in [5.41, 5.74) is 0.552. The van der Waals surface area contributed by atoms with E-state index in [1.54, 1.807) is 32.2 Å². The summed E-state index contributed by atoms with van der Waals surface area (Å²) < 4.78 is 35.6. The number of methoxy groups -OCH3 is 2. The predicted molar refractivity (Wildman–Crippen MR) is 91.4 cm³/mol. The van der Waals surface area contributed by atoms with E-state index in [4.69, 9.17) is 9.47 Å². The summed E-state index contributed by atoms with van der Waals surface area (Å²) in [6.45, 7) is 3.86. The number of hydrogen-bond acceptors (Lipinski definition) is 6. The Morgan fingerprint density at radius 1 is 1.08 bits per heavy atom. The lowest BCUT2D eigenvalue weighted by atomic mass is 10.1. The molecule has 0 atom stereocenters. The van der Waals surface area contributed by atoms with Crippen LogP contribution in [0.1, 0.15) is 17.3 Å². The van der Waals surface area contributed by atoms with Crippen LogP contribution in [0.2, 0.25) is 0 Å². The van der Waals surface area contributed by atoms with Gasteiger partial charge < -0.3 is 9.47 Å². The summed E-state index contributed by atoms with van der Waals surface area (Å²) in [6.07, 6.45) is 0. The minimum absolute atomic E-state index is 0.0252. The van der Waals surface area contributed by atoms with Crippen molar-refractivity contribution in [1.29, 1.82) is 0 Å². The van der Waals surface area contributed by atoms with Crippen LogP contribution in [0.5, 0.6) is 11.5 Å². The van der Waals surface area contributed by atoms with Crippen molar-refractivity contribution in [3.05, 3.63) is 23.8 Å². The second-order valence-electron chi connectivity index (χ2n) is 5.57. The van der Waals surface area contributed by atoms with Gasteiger partial charge in [-0.05, 0) is 25.1 Å². The predicted octanol–water partition coefficient (Wildman–Crippen LogP) is 0.854. The molecule has 1 aromatic carbocycles. The monoisotopic (exact) mass is 356 g/mol. The van der Waals surface area contributed by atoms with E-state index in [9.17, 15) is 13.2 Å². The van der Waals surface area contributed by atoms with E-state index >= 15 is 0 Å². The first-order chi connectivity index (χ1) is 11.4. The number of benzene rings is 1. The third-order valence-corrected chi connectivity index (χ3v) is 6.04. The number of Topliss-reactive ketones (excluding diaryl/α,β-unsaturated/α-hetero) is 1. The van der Waals surface area contributed by atoms with E-state index in [0.29, 0.717) is 43.2 Å². The van der Waals surface area contributed by atoms with Gasteiger partial charge in [0, 0.05) is 31.7 Å². The number of nitrogens with zero attached hydrogens (tertiary/aromatic N) is 2.